The van der Waals surface area contributed by atoms with Gasteiger partial charge in [-0.15, -0.1) is 5.10 Å². The smallest absolute Gasteiger partial charge is 0.252 e. The van der Waals surface area contributed by atoms with Crippen LogP contribution in [0.3, 0.4) is 0 Å². The van der Waals surface area contributed by atoms with Gasteiger partial charge in [0.15, 0.2) is 5.82 Å². The number of pyridine rings is 1. The van der Waals surface area contributed by atoms with Crippen LogP contribution in [0.2, 0.25) is 0 Å². The molecule has 10 heteroatoms. The van der Waals surface area contributed by atoms with Gasteiger partial charge in [0.05, 0.1) is 32.5 Å². The minimum Gasteiger partial charge on any atom is -0.494 e. The maximum absolute atomic E-state index is 13.3. The Kier molecular flexibility index (Phi) is 6.85. The topological polar surface area (TPSA) is 102 Å². The molecular formula is C26H25FN6O3. The number of aromatic nitrogens is 5. The lowest BCUT2D eigenvalue weighted by atomic mass is 10.1. The Morgan fingerprint density at radius 2 is 1.94 bits per heavy atom. The van der Waals surface area contributed by atoms with E-state index in [0.29, 0.717) is 44.2 Å². The van der Waals surface area contributed by atoms with Crippen LogP contribution in [0.15, 0.2) is 76.1 Å². The number of nitrogens with one attached hydrogen (secondary N) is 1. The summed E-state index contributed by atoms with van der Waals surface area (Å²) in [4.78, 5) is 17.9. The molecule has 0 unspecified atom stereocenters. The summed E-state index contributed by atoms with van der Waals surface area (Å²) in [6.45, 7) is 4.05. The number of rotatable bonds is 10. The highest BCUT2D eigenvalue weighted by atomic mass is 19.1. The van der Waals surface area contributed by atoms with Crippen LogP contribution in [-0.4, -0.2) is 36.7 Å². The number of benzene rings is 2. The van der Waals surface area contributed by atoms with Gasteiger partial charge in [0, 0.05) is 23.0 Å². The normalized spacial score (nSPS) is 11.4. The molecule has 184 valence electrons. The second kappa shape index (κ2) is 10.5. The Morgan fingerprint density at radius 3 is 2.72 bits per heavy atom. The van der Waals surface area contributed by atoms with Crippen molar-refractivity contribution in [3.63, 3.8) is 0 Å². The first-order valence-corrected chi connectivity index (χ1v) is 11.6. The molecule has 0 aliphatic rings. The van der Waals surface area contributed by atoms with Gasteiger partial charge in [0.1, 0.15) is 17.3 Å². The largest absolute Gasteiger partial charge is 0.494 e. The van der Waals surface area contributed by atoms with E-state index >= 15 is 0 Å². The maximum atomic E-state index is 13.3. The van der Waals surface area contributed by atoms with E-state index in [1.54, 1.807) is 23.1 Å². The monoisotopic (exact) mass is 488 g/mol. The molecule has 0 aliphatic carbocycles. The summed E-state index contributed by atoms with van der Waals surface area (Å²) in [5, 5.41) is 13.0. The lowest BCUT2D eigenvalue weighted by molar-refractivity contribution is 0.217. The fraction of sp³-hybridized carbons (Fsp3) is 0.231. The molecule has 0 saturated carbocycles. The summed E-state index contributed by atoms with van der Waals surface area (Å²) < 4.78 is 26.1. The number of nitrogens with zero attached hydrogens (tertiary/aromatic N) is 5. The fourth-order valence-corrected chi connectivity index (χ4v) is 4.06. The number of H-pyrrole nitrogens is 1. The Morgan fingerprint density at radius 1 is 1.08 bits per heavy atom. The highest BCUT2D eigenvalue weighted by Gasteiger charge is 2.17. The molecule has 0 atom stereocenters. The molecule has 5 rings (SSSR count). The lowest BCUT2D eigenvalue weighted by Crippen LogP contribution is -2.28. The molecular weight excluding hydrogens is 463 g/mol. The molecule has 0 saturated heterocycles. The first kappa shape index (κ1) is 23.4. The molecule has 0 radical (unpaired) electrons. The predicted octanol–water partition coefficient (Wildman–Crippen LogP) is 3.90. The van der Waals surface area contributed by atoms with E-state index in [9.17, 15) is 9.18 Å². The van der Waals surface area contributed by atoms with Gasteiger partial charge in [-0.05, 0) is 71.4 Å². The zero-order valence-corrected chi connectivity index (χ0v) is 19.7. The van der Waals surface area contributed by atoms with Gasteiger partial charge in [-0.1, -0.05) is 12.1 Å². The highest BCUT2D eigenvalue weighted by Crippen LogP contribution is 2.20. The van der Waals surface area contributed by atoms with Crippen LogP contribution in [0.25, 0.3) is 10.9 Å². The van der Waals surface area contributed by atoms with Crippen molar-refractivity contribution in [2.45, 2.75) is 33.1 Å². The van der Waals surface area contributed by atoms with Crippen LogP contribution in [0.5, 0.6) is 5.75 Å². The van der Waals surface area contributed by atoms with Crippen LogP contribution in [0.4, 0.5) is 4.39 Å². The van der Waals surface area contributed by atoms with Crippen molar-refractivity contribution in [1.82, 2.24) is 30.1 Å². The zero-order valence-electron chi connectivity index (χ0n) is 19.7. The summed E-state index contributed by atoms with van der Waals surface area (Å²) in [5.41, 5.74) is 2.05. The van der Waals surface area contributed by atoms with Gasteiger partial charge in [0.25, 0.3) is 5.56 Å². The Bertz CT molecular complexity index is 1490. The predicted molar refractivity (Wildman–Crippen MR) is 131 cm³/mol. The molecule has 9 nitrogen and oxygen atoms in total. The number of aromatic amines is 1. The number of hydrogen-bond acceptors (Lipinski definition) is 7. The average Bonchev–Trinajstić information content (AvgIpc) is 3.54. The number of fused-ring (bicyclic) bond motifs is 1. The standard InChI is InChI=1S/C26H25FN6O3/c1-2-35-22-9-10-24-19(13-22)12-20(26(34)28-24)15-32(16-23-4-3-11-36-23)17-25-29-30-31-33(25)14-18-5-7-21(27)8-6-18/h3-13H,2,14-17H2,1H3,(H,28,34). The van der Waals surface area contributed by atoms with Crippen LogP contribution in [0.1, 0.15) is 29.6 Å². The van der Waals surface area contributed by atoms with E-state index in [1.165, 1.54) is 12.1 Å². The zero-order chi connectivity index (χ0) is 24.9. The van der Waals surface area contributed by atoms with Crippen LogP contribution in [0, 0.1) is 5.82 Å². The maximum Gasteiger partial charge on any atom is 0.252 e. The highest BCUT2D eigenvalue weighted by molar-refractivity contribution is 5.80. The third-order valence-electron chi connectivity index (χ3n) is 5.77. The summed E-state index contributed by atoms with van der Waals surface area (Å²) in [5.74, 6) is 1.81. The van der Waals surface area contributed by atoms with Crippen molar-refractivity contribution in [2.75, 3.05) is 6.61 Å². The van der Waals surface area contributed by atoms with E-state index in [-0.39, 0.29) is 11.4 Å². The molecule has 2 aromatic carbocycles. The van der Waals surface area contributed by atoms with Crippen molar-refractivity contribution in [3.05, 3.63) is 106 Å². The average molecular weight is 489 g/mol. The minimum atomic E-state index is -0.297. The number of hydrogen-bond donors (Lipinski definition) is 1. The van der Waals surface area contributed by atoms with Gasteiger partial charge < -0.3 is 14.1 Å². The first-order valence-electron chi connectivity index (χ1n) is 11.6. The molecule has 0 aliphatic heterocycles. The van der Waals surface area contributed by atoms with Crippen molar-refractivity contribution in [3.8, 4) is 5.75 Å². The number of tetrazole rings is 1. The molecule has 5 aromatic rings. The van der Waals surface area contributed by atoms with Crippen molar-refractivity contribution < 1.29 is 13.5 Å². The Labute approximate surface area is 206 Å². The molecule has 0 bridgehead atoms. The first-order chi connectivity index (χ1) is 17.6. The van der Waals surface area contributed by atoms with E-state index in [2.05, 4.69) is 20.5 Å². The number of halogens is 1. The molecule has 1 N–H and O–H groups in total. The summed E-state index contributed by atoms with van der Waals surface area (Å²) in [6, 6.07) is 17.4. The van der Waals surface area contributed by atoms with Gasteiger partial charge in [0.2, 0.25) is 0 Å². The third-order valence-corrected chi connectivity index (χ3v) is 5.77. The second-order valence-corrected chi connectivity index (χ2v) is 8.41. The van der Waals surface area contributed by atoms with Crippen molar-refractivity contribution in [2.24, 2.45) is 0 Å². The number of furan rings is 1. The molecule has 0 fully saturated rings. The summed E-state index contributed by atoms with van der Waals surface area (Å²) in [6.07, 6.45) is 1.62. The SMILES string of the molecule is CCOc1ccc2[nH]c(=O)c(CN(Cc3ccco3)Cc3nnnn3Cc3ccc(F)cc3)cc2c1. The summed E-state index contributed by atoms with van der Waals surface area (Å²) in [7, 11) is 0. The van der Waals surface area contributed by atoms with Crippen LogP contribution < -0.4 is 10.3 Å². The molecule has 36 heavy (non-hydrogen) atoms. The van der Waals surface area contributed by atoms with E-state index in [0.717, 1.165) is 28.0 Å². The fourth-order valence-electron chi connectivity index (χ4n) is 4.06. The molecule has 0 spiro atoms. The third kappa shape index (κ3) is 5.49. The minimum absolute atomic E-state index is 0.165. The van der Waals surface area contributed by atoms with E-state index < -0.39 is 0 Å². The lowest BCUT2D eigenvalue weighted by Gasteiger charge is -2.20. The van der Waals surface area contributed by atoms with Gasteiger partial charge in [-0.3, -0.25) is 9.69 Å². The van der Waals surface area contributed by atoms with E-state index in [1.807, 2.05) is 48.2 Å². The van der Waals surface area contributed by atoms with Crippen LogP contribution >= 0.6 is 0 Å². The van der Waals surface area contributed by atoms with Gasteiger partial charge in [-0.2, -0.15) is 0 Å². The van der Waals surface area contributed by atoms with Gasteiger partial charge >= 0.3 is 0 Å². The van der Waals surface area contributed by atoms with Crippen molar-refractivity contribution in [1.29, 1.82) is 0 Å². The molecule has 3 aromatic heterocycles. The molecule has 3 heterocycles. The second-order valence-electron chi connectivity index (χ2n) is 8.41. The van der Waals surface area contributed by atoms with Crippen molar-refractivity contribution >= 4 is 10.9 Å². The quantitative estimate of drug-likeness (QED) is 0.318. The van der Waals surface area contributed by atoms with Crippen LogP contribution in [-0.2, 0) is 26.2 Å². The van der Waals surface area contributed by atoms with E-state index in [4.69, 9.17) is 9.15 Å². The van der Waals surface area contributed by atoms with Gasteiger partial charge in [-0.25, -0.2) is 9.07 Å². The molecule has 0 amide bonds. The number of ether oxygens (including phenoxy) is 1. The Hall–Kier alpha value is -4.31. The summed E-state index contributed by atoms with van der Waals surface area (Å²) >= 11 is 0. The Balaban J connectivity index is 1.42.